The first kappa shape index (κ1) is 11.9. The van der Waals surface area contributed by atoms with Gasteiger partial charge in [0.15, 0.2) is 0 Å². The smallest absolute Gasteiger partial charge is 0.334 e. The van der Waals surface area contributed by atoms with E-state index in [9.17, 15) is 4.79 Å². The molecule has 1 aromatic rings. The van der Waals surface area contributed by atoms with Crippen molar-refractivity contribution in [2.75, 3.05) is 5.94 Å². The first-order chi connectivity index (χ1) is 7.24. The summed E-state index contributed by atoms with van der Waals surface area (Å²) in [5.41, 5.74) is 0.642. The zero-order valence-corrected chi connectivity index (χ0v) is 9.71. The zero-order chi connectivity index (χ0) is 11.1. The van der Waals surface area contributed by atoms with Crippen molar-refractivity contribution in [1.29, 1.82) is 0 Å². The molecule has 0 bridgehead atoms. The molecule has 2 nitrogen and oxygen atoms in total. The highest BCUT2D eigenvalue weighted by Crippen LogP contribution is 2.17. The summed E-state index contributed by atoms with van der Waals surface area (Å²) in [6.45, 7) is 3.57. The molecule has 0 radical (unpaired) electrons. The van der Waals surface area contributed by atoms with Crippen molar-refractivity contribution in [1.82, 2.24) is 0 Å². The van der Waals surface area contributed by atoms with Crippen LogP contribution >= 0.6 is 11.8 Å². The van der Waals surface area contributed by atoms with E-state index < -0.39 is 0 Å². The molecule has 15 heavy (non-hydrogen) atoms. The molecule has 0 aromatic heterocycles. The van der Waals surface area contributed by atoms with E-state index >= 15 is 0 Å². The summed E-state index contributed by atoms with van der Waals surface area (Å²) in [5.74, 6) is 0.106. The molecule has 0 N–H and O–H groups in total. The van der Waals surface area contributed by atoms with E-state index in [1.54, 1.807) is 13.0 Å². The van der Waals surface area contributed by atoms with Crippen molar-refractivity contribution < 1.29 is 9.53 Å². The monoisotopic (exact) mass is 222 g/mol. The summed E-state index contributed by atoms with van der Waals surface area (Å²) < 4.78 is 5.05. The fraction of sp³-hybridized carbons (Fsp3) is 0.250. The first-order valence-corrected chi connectivity index (χ1v) is 5.70. The molecule has 0 unspecified atom stereocenters. The minimum Gasteiger partial charge on any atom is -0.451 e. The molecule has 0 aliphatic heterocycles. The second kappa shape index (κ2) is 6.30. The predicted octanol–water partition coefficient (Wildman–Crippen LogP) is 3.25. The molecule has 0 spiro atoms. The molecule has 1 rings (SSSR count). The van der Waals surface area contributed by atoms with Gasteiger partial charge < -0.3 is 4.74 Å². The van der Waals surface area contributed by atoms with Crippen molar-refractivity contribution in [3.63, 3.8) is 0 Å². The van der Waals surface area contributed by atoms with Gasteiger partial charge in [-0.3, -0.25) is 0 Å². The molecular weight excluding hydrogens is 208 g/mol. The number of benzene rings is 1. The molecule has 0 fully saturated rings. The summed E-state index contributed by atoms with van der Waals surface area (Å²) in [4.78, 5) is 12.4. The lowest BCUT2D eigenvalue weighted by Gasteiger charge is -2.04. The number of hydrogen-bond acceptors (Lipinski definition) is 3. The van der Waals surface area contributed by atoms with Gasteiger partial charge in [-0.15, -0.1) is 0 Å². The van der Waals surface area contributed by atoms with E-state index in [1.807, 2.05) is 37.3 Å². The predicted molar refractivity (Wildman–Crippen MR) is 62.7 cm³/mol. The lowest BCUT2D eigenvalue weighted by Crippen LogP contribution is -2.04. The molecule has 0 atom stereocenters. The minimum absolute atomic E-state index is 0.249. The maximum atomic E-state index is 11.3. The number of ether oxygens (including phenoxy) is 1. The Morgan fingerprint density at radius 2 is 2.07 bits per heavy atom. The maximum absolute atomic E-state index is 11.3. The topological polar surface area (TPSA) is 26.3 Å². The van der Waals surface area contributed by atoms with Crippen LogP contribution in [0.5, 0.6) is 0 Å². The van der Waals surface area contributed by atoms with Crippen LogP contribution in [0.2, 0.25) is 0 Å². The average molecular weight is 222 g/mol. The Labute approximate surface area is 94.3 Å². The van der Waals surface area contributed by atoms with Crippen LogP contribution < -0.4 is 0 Å². The number of thioether (sulfide) groups is 1. The Kier molecular flexibility index (Phi) is 4.98. The van der Waals surface area contributed by atoms with Crippen LogP contribution in [-0.4, -0.2) is 11.9 Å². The summed E-state index contributed by atoms with van der Waals surface area (Å²) in [6, 6.07) is 9.85. The van der Waals surface area contributed by atoms with Gasteiger partial charge in [0, 0.05) is 10.5 Å². The maximum Gasteiger partial charge on any atom is 0.334 e. The second-order valence-corrected chi connectivity index (χ2v) is 3.97. The van der Waals surface area contributed by atoms with Gasteiger partial charge >= 0.3 is 5.97 Å². The Morgan fingerprint density at radius 1 is 1.40 bits per heavy atom. The summed E-state index contributed by atoms with van der Waals surface area (Å²) in [7, 11) is 0. The van der Waals surface area contributed by atoms with Gasteiger partial charge in [-0.25, -0.2) is 4.79 Å². The molecule has 0 aliphatic rings. The zero-order valence-electron chi connectivity index (χ0n) is 8.90. The van der Waals surface area contributed by atoms with Gasteiger partial charge in [-0.2, -0.15) is 0 Å². The highest BCUT2D eigenvalue weighted by atomic mass is 32.2. The van der Waals surface area contributed by atoms with Crippen LogP contribution in [-0.2, 0) is 9.53 Å². The molecule has 0 amide bonds. The third kappa shape index (κ3) is 4.21. The van der Waals surface area contributed by atoms with Gasteiger partial charge in [0.2, 0.25) is 0 Å². The number of carbonyl (C=O) groups is 1. The SMILES string of the molecule is C/C=C(\C)C(=O)OCSc1ccccc1. The van der Waals surface area contributed by atoms with Gasteiger partial charge in [0.05, 0.1) is 0 Å². The van der Waals surface area contributed by atoms with Crippen molar-refractivity contribution in [2.24, 2.45) is 0 Å². The summed E-state index contributed by atoms with van der Waals surface area (Å²) >= 11 is 1.51. The number of rotatable bonds is 4. The van der Waals surface area contributed by atoms with Crippen LogP contribution in [0.25, 0.3) is 0 Å². The van der Waals surface area contributed by atoms with E-state index in [1.165, 1.54) is 11.8 Å². The first-order valence-electron chi connectivity index (χ1n) is 4.72. The number of esters is 1. The Bertz CT molecular complexity index is 344. The molecule has 80 valence electrons. The highest BCUT2D eigenvalue weighted by molar-refractivity contribution is 7.99. The van der Waals surface area contributed by atoms with Crippen molar-refractivity contribution in [3.8, 4) is 0 Å². The van der Waals surface area contributed by atoms with Crippen molar-refractivity contribution in [2.45, 2.75) is 18.7 Å². The van der Waals surface area contributed by atoms with Crippen molar-refractivity contribution in [3.05, 3.63) is 42.0 Å². The standard InChI is InChI=1S/C12H14O2S/c1-3-10(2)12(13)14-9-15-11-7-5-4-6-8-11/h3-8H,9H2,1-2H3/b10-3+. The van der Waals surface area contributed by atoms with Crippen LogP contribution in [0.1, 0.15) is 13.8 Å². The quantitative estimate of drug-likeness (QED) is 0.338. The second-order valence-electron chi connectivity index (χ2n) is 2.98. The molecule has 0 heterocycles. The van der Waals surface area contributed by atoms with E-state index in [-0.39, 0.29) is 5.97 Å². The number of carbonyl (C=O) groups excluding carboxylic acids is 1. The van der Waals surface area contributed by atoms with E-state index in [4.69, 9.17) is 4.74 Å². The molecule has 0 aliphatic carbocycles. The van der Waals surface area contributed by atoms with Gasteiger partial charge in [0.25, 0.3) is 0 Å². The molecule has 0 saturated carbocycles. The van der Waals surface area contributed by atoms with Crippen LogP contribution in [0.3, 0.4) is 0 Å². The summed E-state index contributed by atoms with van der Waals surface area (Å²) in [6.07, 6.45) is 1.75. The third-order valence-electron chi connectivity index (χ3n) is 1.91. The number of allylic oxidation sites excluding steroid dienone is 1. The van der Waals surface area contributed by atoms with E-state index in [2.05, 4.69) is 0 Å². The molecule has 1 aromatic carbocycles. The molecular formula is C12H14O2S. The average Bonchev–Trinajstić information content (AvgIpc) is 2.29. The van der Waals surface area contributed by atoms with Gasteiger partial charge in [-0.05, 0) is 26.0 Å². The van der Waals surface area contributed by atoms with E-state index in [0.717, 1.165) is 4.90 Å². The lowest BCUT2D eigenvalue weighted by atomic mass is 10.3. The number of hydrogen-bond donors (Lipinski definition) is 0. The molecule has 3 heteroatoms. The van der Waals surface area contributed by atoms with Gasteiger partial charge in [0.1, 0.15) is 5.94 Å². The van der Waals surface area contributed by atoms with Crippen LogP contribution in [0.4, 0.5) is 0 Å². The van der Waals surface area contributed by atoms with E-state index in [0.29, 0.717) is 11.5 Å². The minimum atomic E-state index is -0.249. The van der Waals surface area contributed by atoms with Gasteiger partial charge in [-0.1, -0.05) is 36.0 Å². The fourth-order valence-electron chi connectivity index (χ4n) is 0.899. The van der Waals surface area contributed by atoms with Crippen LogP contribution in [0.15, 0.2) is 46.9 Å². The Hall–Kier alpha value is -1.22. The highest BCUT2D eigenvalue weighted by Gasteiger charge is 2.03. The normalized spacial score (nSPS) is 11.2. The largest absolute Gasteiger partial charge is 0.451 e. The summed E-state index contributed by atoms with van der Waals surface area (Å²) in [5, 5.41) is 0. The Morgan fingerprint density at radius 3 is 2.67 bits per heavy atom. The van der Waals surface area contributed by atoms with Crippen LogP contribution in [0, 0.1) is 0 Å². The third-order valence-corrected chi connectivity index (χ3v) is 2.76. The fourth-order valence-corrected chi connectivity index (χ4v) is 1.55. The lowest BCUT2D eigenvalue weighted by molar-refractivity contribution is -0.136. The molecule has 0 saturated heterocycles. The van der Waals surface area contributed by atoms with Crippen molar-refractivity contribution >= 4 is 17.7 Å². The Balaban J connectivity index is 2.31.